The third-order valence-electron chi connectivity index (χ3n) is 0.408. The molecular weight excluding hydrogens is 248 g/mol. The summed E-state index contributed by atoms with van der Waals surface area (Å²) >= 11 is 0. The third-order valence-corrected chi connectivity index (χ3v) is 3.67. The minimum atomic E-state index is -0.583. The fraction of sp³-hybridized carbons (Fsp3) is 1.00. The molecule has 0 bridgehead atoms. The van der Waals surface area contributed by atoms with Gasteiger partial charge in [0.15, 0.2) is 19.5 Å². The molecule has 4 nitrogen and oxygen atoms in total. The van der Waals surface area contributed by atoms with Crippen molar-refractivity contribution in [2.24, 2.45) is 0 Å². The largest absolute Gasteiger partial charge is 0.466 e. The Bertz CT molecular complexity index is 41.0. The van der Waals surface area contributed by atoms with Gasteiger partial charge in [0.2, 0.25) is 0 Å². The molecule has 0 radical (unpaired) electrons. The quantitative estimate of drug-likeness (QED) is 0.571. The Labute approximate surface area is 99.6 Å². The molecule has 0 amide bonds. The summed E-state index contributed by atoms with van der Waals surface area (Å²) in [6, 6.07) is 0. The molecule has 0 unspecified atom stereocenters. The van der Waals surface area contributed by atoms with E-state index in [4.69, 9.17) is 13.7 Å². The minimum Gasteiger partial charge on any atom is -0.466 e. The van der Waals surface area contributed by atoms with E-state index in [1.165, 1.54) is 0 Å². The van der Waals surface area contributed by atoms with Gasteiger partial charge in [-0.15, -0.1) is 0 Å². The van der Waals surface area contributed by atoms with Gasteiger partial charge in [-0.25, -0.2) is 0 Å². The lowest BCUT2D eigenvalue weighted by atomic mass is 11.9. The predicted octanol–water partition coefficient (Wildman–Crippen LogP) is -2.06. The van der Waals surface area contributed by atoms with Crippen LogP contribution >= 0.6 is 0 Å². The van der Waals surface area contributed by atoms with E-state index in [-0.39, 0.29) is 39.9 Å². The maximum atomic E-state index is 7.71. The van der Waals surface area contributed by atoms with Crippen molar-refractivity contribution in [1.29, 1.82) is 0 Å². The van der Waals surface area contributed by atoms with E-state index < -0.39 is 19.5 Å². The van der Waals surface area contributed by atoms with Crippen molar-refractivity contribution < 1.29 is 19.2 Å². The Morgan fingerprint density at radius 1 is 0.786 bits per heavy atom. The van der Waals surface area contributed by atoms with E-state index in [1.807, 2.05) is 13.1 Å². The molecule has 0 aliphatic rings. The van der Waals surface area contributed by atoms with E-state index in [2.05, 4.69) is 13.1 Å². The molecule has 0 heterocycles. The van der Waals surface area contributed by atoms with Crippen LogP contribution in [0, 0.1) is 0 Å². The van der Waals surface area contributed by atoms with Crippen molar-refractivity contribution in [2.45, 2.75) is 41.0 Å². The van der Waals surface area contributed by atoms with E-state index in [1.54, 1.807) is 0 Å². The highest BCUT2D eigenvalue weighted by atomic mass is 28.3. The van der Waals surface area contributed by atoms with E-state index in [0.29, 0.717) is 0 Å². The molecule has 96 valence electrons. The number of rotatable bonds is 2. The minimum absolute atomic E-state index is 0. The Kier molecular flexibility index (Phi) is 177. The lowest BCUT2D eigenvalue weighted by Gasteiger charge is -1.85. The number of hydrogen-bond acceptors (Lipinski definition) is 3. The lowest BCUT2D eigenvalue weighted by Crippen LogP contribution is -1.92. The summed E-state index contributed by atoms with van der Waals surface area (Å²) in [4.78, 5) is 15.4. The van der Waals surface area contributed by atoms with E-state index in [0.717, 1.165) is 0 Å². The zero-order chi connectivity index (χ0) is 9.54. The highest BCUT2D eigenvalue weighted by Gasteiger charge is 1.67. The average Bonchev–Trinajstić information content (AvgIpc) is 1.92. The molecule has 0 aliphatic heterocycles. The smallest absolute Gasteiger partial charge is 0.153 e. The van der Waals surface area contributed by atoms with Crippen LogP contribution in [0.15, 0.2) is 0 Å². The van der Waals surface area contributed by atoms with Crippen molar-refractivity contribution in [3.63, 3.8) is 0 Å². The van der Waals surface area contributed by atoms with Crippen molar-refractivity contribution in [3.8, 4) is 0 Å². The highest BCUT2D eigenvalue weighted by Crippen LogP contribution is 1.58. The maximum Gasteiger partial charge on any atom is 0.153 e. The van der Waals surface area contributed by atoms with Gasteiger partial charge in [-0.1, -0.05) is 41.0 Å². The van der Waals surface area contributed by atoms with Crippen molar-refractivity contribution in [3.05, 3.63) is 0 Å². The first-order valence-corrected chi connectivity index (χ1v) is 12.1. The second kappa shape index (κ2) is 67.9. The van der Waals surface area contributed by atoms with Crippen molar-refractivity contribution in [2.75, 3.05) is 0 Å². The molecule has 0 aromatic carbocycles. The summed E-state index contributed by atoms with van der Waals surface area (Å²) in [7, 11) is -1.22. The Morgan fingerprint density at radius 3 is 0.929 bits per heavy atom. The van der Waals surface area contributed by atoms with Crippen molar-refractivity contribution in [1.82, 2.24) is 0 Å². The van der Waals surface area contributed by atoms with Gasteiger partial charge in [0, 0.05) is 0 Å². The second-order valence-electron chi connectivity index (χ2n) is 1.41. The summed E-state index contributed by atoms with van der Waals surface area (Å²) in [5, 5.41) is 0. The Balaban J connectivity index is -0.0000000162. The standard InChI is InChI=1S/C2H10OSi2.2CH6OSi.2CH4.H2O/c1-4-3-5-2;2*1-3-2;;;/h4-5H2,1-2H3;2*2H,3H2,1H3;2*1H4;1H2. The van der Waals surface area contributed by atoms with Crippen LogP contribution in [0.3, 0.4) is 0 Å². The first-order valence-electron chi connectivity index (χ1n) is 4.04. The maximum absolute atomic E-state index is 7.71. The molecule has 0 saturated heterocycles. The monoisotopic (exact) mass is 280 g/mol. The molecule has 0 aromatic heterocycles. The highest BCUT2D eigenvalue weighted by molar-refractivity contribution is 6.40. The van der Waals surface area contributed by atoms with Gasteiger partial charge < -0.3 is 19.2 Å². The van der Waals surface area contributed by atoms with Gasteiger partial charge in [-0.05, 0) is 0 Å². The van der Waals surface area contributed by atoms with Gasteiger partial charge in [0.1, 0.15) is 19.5 Å². The van der Waals surface area contributed by atoms with Crippen LogP contribution in [0.1, 0.15) is 14.9 Å². The van der Waals surface area contributed by atoms with Gasteiger partial charge >= 0.3 is 0 Å². The summed E-state index contributed by atoms with van der Waals surface area (Å²) in [5.41, 5.74) is 0. The molecular formula is C6H32O4Si4. The van der Waals surface area contributed by atoms with Crippen molar-refractivity contribution >= 4 is 39.1 Å². The van der Waals surface area contributed by atoms with Crippen LogP contribution in [0.5, 0.6) is 0 Å². The zero-order valence-corrected chi connectivity index (χ0v) is 14.3. The van der Waals surface area contributed by atoms with Gasteiger partial charge in [-0.2, -0.15) is 0 Å². The van der Waals surface area contributed by atoms with Crippen LogP contribution in [0.4, 0.5) is 0 Å². The molecule has 8 heteroatoms. The predicted molar refractivity (Wildman–Crippen MR) is 80.2 cm³/mol. The topological polar surface area (TPSA) is 81.2 Å². The lowest BCUT2D eigenvalue weighted by molar-refractivity contribution is 0.609. The van der Waals surface area contributed by atoms with Gasteiger partial charge in [0.05, 0.1) is 0 Å². The van der Waals surface area contributed by atoms with E-state index in [9.17, 15) is 0 Å². The summed E-state index contributed by atoms with van der Waals surface area (Å²) in [5.74, 6) is 0. The SMILES string of the molecule is C.C.C[SiH2]O.C[SiH2]O.C[SiH2]O[SiH2]C.O. The summed E-state index contributed by atoms with van der Waals surface area (Å²) in [6.07, 6.45) is 0. The fourth-order valence-electron chi connectivity index (χ4n) is 0.204. The Morgan fingerprint density at radius 2 is 0.929 bits per heavy atom. The van der Waals surface area contributed by atoms with E-state index >= 15 is 0 Å². The molecule has 0 saturated carbocycles. The fourth-order valence-corrected chi connectivity index (χ4v) is 1.84. The zero-order valence-electron chi connectivity index (χ0n) is 8.63. The van der Waals surface area contributed by atoms with Crippen LogP contribution in [0.2, 0.25) is 26.2 Å². The van der Waals surface area contributed by atoms with Crippen LogP contribution < -0.4 is 0 Å². The molecule has 0 aromatic rings. The first kappa shape index (κ1) is 36.4. The van der Waals surface area contributed by atoms with Gasteiger partial charge in [-0.3, -0.25) is 0 Å². The molecule has 0 atom stereocenters. The molecule has 0 rings (SSSR count). The van der Waals surface area contributed by atoms with Crippen LogP contribution in [-0.4, -0.2) is 54.1 Å². The Hall–Kier alpha value is 0.708. The molecule has 0 aliphatic carbocycles. The normalized spacial score (nSPS) is 9.00. The number of hydrogen-bond donors (Lipinski definition) is 2. The second-order valence-corrected chi connectivity index (χ2v) is 5.47. The summed E-state index contributed by atoms with van der Waals surface area (Å²) < 4.78 is 5.11. The molecule has 14 heavy (non-hydrogen) atoms. The molecule has 0 spiro atoms. The molecule has 4 N–H and O–H groups in total. The third kappa shape index (κ3) is 238. The molecule has 0 fully saturated rings. The first-order chi connectivity index (χ1) is 5.24. The van der Waals surface area contributed by atoms with Crippen LogP contribution in [-0.2, 0) is 4.12 Å². The van der Waals surface area contributed by atoms with Gasteiger partial charge in [0.25, 0.3) is 0 Å². The average molecular weight is 281 g/mol. The summed E-state index contributed by atoms with van der Waals surface area (Å²) in [6.45, 7) is 7.97. The van der Waals surface area contributed by atoms with Crippen LogP contribution in [0.25, 0.3) is 0 Å².